The second-order valence-corrected chi connectivity index (χ2v) is 18.6. The molecule has 17 nitrogen and oxygen atoms in total. The minimum Gasteiger partial charge on any atom is -0.365 e. The molecular formula is C55H51N13O4. The summed E-state index contributed by atoms with van der Waals surface area (Å²) in [7, 11) is 1.89. The van der Waals surface area contributed by atoms with Crippen LogP contribution in [0.4, 0.5) is 28.7 Å². The van der Waals surface area contributed by atoms with Gasteiger partial charge in [-0.25, -0.2) is 0 Å². The fourth-order valence-electron chi connectivity index (χ4n) is 10.2. The lowest BCUT2D eigenvalue weighted by Gasteiger charge is -2.40. The number of amides is 4. The van der Waals surface area contributed by atoms with Gasteiger partial charge in [0.2, 0.25) is 0 Å². The van der Waals surface area contributed by atoms with Gasteiger partial charge in [-0.05, 0) is 85.0 Å². The number of nitrogens with zero attached hydrogens (tertiary/aromatic N) is 9. The maximum Gasteiger partial charge on any atom is 0.270 e. The predicted octanol–water partition coefficient (Wildman–Crippen LogP) is 8.65. The van der Waals surface area contributed by atoms with Crippen molar-refractivity contribution in [2.45, 2.75) is 49.6 Å². The highest BCUT2D eigenvalue weighted by Crippen LogP contribution is 2.38. The smallest absolute Gasteiger partial charge is 0.270 e. The minimum atomic E-state index is -0.821. The van der Waals surface area contributed by atoms with Gasteiger partial charge >= 0.3 is 0 Å². The Morgan fingerprint density at radius 3 is 1.78 bits per heavy atom. The maximum atomic E-state index is 14.4. The number of nitrogens with one attached hydrogen (secondary N) is 3. The third-order valence-corrected chi connectivity index (χ3v) is 14.3. The van der Waals surface area contributed by atoms with Crippen LogP contribution in [0.2, 0.25) is 0 Å². The summed E-state index contributed by atoms with van der Waals surface area (Å²) in [5.41, 5.74) is 8.40. The number of hydrogen-bond acceptors (Lipinski definition) is 10. The number of primary amides is 1. The molecule has 0 bridgehead atoms. The first kappa shape index (κ1) is 46.5. The van der Waals surface area contributed by atoms with Crippen LogP contribution in [0.1, 0.15) is 80.1 Å². The fraction of sp³-hybridized carbons (Fsp3) is 0.236. The quantitative estimate of drug-likeness (QED) is 0.0860. The van der Waals surface area contributed by atoms with Gasteiger partial charge in [0.05, 0.1) is 36.1 Å². The van der Waals surface area contributed by atoms with Gasteiger partial charge in [0, 0.05) is 79.1 Å². The van der Waals surface area contributed by atoms with E-state index in [-0.39, 0.29) is 47.4 Å². The monoisotopic (exact) mass is 957 g/mol. The van der Waals surface area contributed by atoms with Crippen LogP contribution in [0.25, 0.3) is 21.7 Å². The van der Waals surface area contributed by atoms with Crippen molar-refractivity contribution in [1.82, 2.24) is 33.9 Å². The summed E-state index contributed by atoms with van der Waals surface area (Å²) in [6.45, 7) is 1.50. The Hall–Kier alpha value is -9.22. The van der Waals surface area contributed by atoms with Crippen LogP contribution in [0.5, 0.6) is 0 Å². The number of para-hydroxylation sites is 2. The van der Waals surface area contributed by atoms with E-state index in [1.807, 2.05) is 120 Å². The van der Waals surface area contributed by atoms with E-state index in [1.165, 1.54) is 0 Å². The Bertz CT molecular complexity index is 3470. The van der Waals surface area contributed by atoms with Crippen LogP contribution >= 0.6 is 0 Å². The molecule has 5 aromatic carbocycles. The molecule has 2 fully saturated rings. The highest BCUT2D eigenvalue weighted by molar-refractivity contribution is 6.08. The number of nitriles is 2. The molecule has 360 valence electrons. The molecule has 3 aromatic heterocycles. The normalized spacial score (nSPS) is 15.1. The lowest BCUT2D eigenvalue weighted by molar-refractivity contribution is 0.0567. The number of carbonyl (C=O) groups excluding carboxylic acids is 4. The number of aromatic nitrogens is 5. The first-order valence-corrected chi connectivity index (χ1v) is 23.8. The lowest BCUT2D eigenvalue weighted by Crippen LogP contribution is -2.48. The number of likely N-dealkylation sites (tertiary alicyclic amines) is 2. The van der Waals surface area contributed by atoms with E-state index in [0.717, 1.165) is 21.7 Å². The van der Waals surface area contributed by atoms with E-state index in [9.17, 15) is 29.7 Å². The molecule has 5 N–H and O–H groups in total. The number of benzene rings is 5. The highest BCUT2D eigenvalue weighted by Gasteiger charge is 2.41. The molecular weight excluding hydrogens is 907 g/mol. The molecule has 0 unspecified atom stereocenters. The zero-order chi connectivity index (χ0) is 50.0. The molecule has 4 amide bonds. The van der Waals surface area contributed by atoms with Gasteiger partial charge in [-0.15, -0.1) is 0 Å². The van der Waals surface area contributed by atoms with Crippen molar-refractivity contribution in [3.05, 3.63) is 162 Å². The third-order valence-electron chi connectivity index (χ3n) is 14.3. The SMILES string of the molecule is Cn1c(C(=O)N2CCC(CC#N)(n3cc(C(=O)Nc4cccc(Nc5nn(C6(CC#N)CCN(C(=O)c7cccc8ccccc78)CC6)cc5C(N)=O)c4)c(Nc4ccccc4)n3)CC2)cc2ccccc21. The van der Waals surface area contributed by atoms with Gasteiger partial charge in [0.15, 0.2) is 11.6 Å². The topological polar surface area (TPSA) is 225 Å². The van der Waals surface area contributed by atoms with E-state index in [4.69, 9.17) is 15.9 Å². The van der Waals surface area contributed by atoms with Crippen molar-refractivity contribution >= 4 is 74.0 Å². The molecule has 10 rings (SSSR count). The average molecular weight is 958 g/mol. The van der Waals surface area contributed by atoms with Crippen molar-refractivity contribution in [2.24, 2.45) is 12.8 Å². The van der Waals surface area contributed by atoms with Gasteiger partial charge in [0.25, 0.3) is 23.6 Å². The van der Waals surface area contributed by atoms with E-state index in [1.54, 1.807) is 50.9 Å². The van der Waals surface area contributed by atoms with Gasteiger partial charge in [0.1, 0.15) is 16.8 Å². The molecule has 2 aliphatic heterocycles. The predicted molar refractivity (Wildman–Crippen MR) is 274 cm³/mol. The van der Waals surface area contributed by atoms with Crippen LogP contribution in [-0.4, -0.2) is 83.7 Å². The Balaban J connectivity index is 0.871. The first-order chi connectivity index (χ1) is 35.0. The van der Waals surface area contributed by atoms with Gasteiger partial charge in [-0.3, -0.25) is 28.5 Å². The van der Waals surface area contributed by atoms with Crippen molar-refractivity contribution in [3.8, 4) is 12.1 Å². The number of anilines is 5. The summed E-state index contributed by atoms with van der Waals surface area (Å²) in [5.74, 6) is -0.928. The molecule has 17 heteroatoms. The van der Waals surface area contributed by atoms with Crippen LogP contribution < -0.4 is 21.7 Å². The standard InChI is InChI=1S/C55H51N13O4/c1-64-46-20-8-6-12-38(46)33-47(64)53(72)66-31-25-55(22-28-57,26-32-66)68-36-45(50(63-68)59-39-14-3-2-4-15-39)51(70)61-41-17-10-16-40(34-41)60-49-44(48(58)69)35-67(62-49)54(21-27-56)23-29-65(30-24-54)52(71)43-19-9-13-37-11-5-7-18-42(37)43/h2-20,33-36H,21-26,29-32H2,1H3,(H2,58,69)(H,59,63)(H,60,62)(H,61,70). The van der Waals surface area contributed by atoms with E-state index in [0.29, 0.717) is 80.2 Å². The number of aryl methyl sites for hydroxylation is 1. The van der Waals surface area contributed by atoms with Crippen LogP contribution in [-0.2, 0) is 18.1 Å². The summed E-state index contributed by atoms with van der Waals surface area (Å²) in [4.78, 5) is 58.7. The molecule has 0 aliphatic carbocycles. The minimum absolute atomic E-state index is 0.0868. The molecule has 0 radical (unpaired) electrons. The summed E-state index contributed by atoms with van der Waals surface area (Å²) in [6.07, 6.45) is 5.10. The Morgan fingerprint density at radius 1 is 0.597 bits per heavy atom. The van der Waals surface area contributed by atoms with Crippen LogP contribution in [0, 0.1) is 22.7 Å². The summed E-state index contributed by atoms with van der Waals surface area (Å²) < 4.78 is 5.25. The second-order valence-electron chi connectivity index (χ2n) is 18.6. The Labute approximate surface area is 415 Å². The zero-order valence-corrected chi connectivity index (χ0v) is 39.6. The van der Waals surface area contributed by atoms with E-state index < -0.39 is 22.9 Å². The van der Waals surface area contributed by atoms with Crippen molar-refractivity contribution < 1.29 is 19.2 Å². The third kappa shape index (κ3) is 8.84. The number of rotatable bonds is 13. The molecule has 0 saturated carbocycles. The maximum absolute atomic E-state index is 14.4. The first-order valence-electron chi connectivity index (χ1n) is 23.8. The Morgan fingerprint density at radius 2 is 1.12 bits per heavy atom. The number of hydrogen-bond donors (Lipinski definition) is 4. The van der Waals surface area contributed by atoms with Gasteiger partial charge in [-0.2, -0.15) is 20.7 Å². The Kier molecular flexibility index (Phi) is 12.5. The second kappa shape index (κ2) is 19.3. The van der Waals surface area contributed by atoms with Crippen LogP contribution in [0.3, 0.4) is 0 Å². The molecule has 2 saturated heterocycles. The fourth-order valence-corrected chi connectivity index (χ4v) is 10.2. The molecule has 5 heterocycles. The molecule has 2 aliphatic rings. The lowest BCUT2D eigenvalue weighted by atomic mass is 9.84. The van der Waals surface area contributed by atoms with Crippen LogP contribution in [0.15, 0.2) is 140 Å². The highest BCUT2D eigenvalue weighted by atomic mass is 16.2. The number of piperidine rings is 2. The summed E-state index contributed by atoms with van der Waals surface area (Å²) in [5, 5.41) is 42.3. The number of carbonyl (C=O) groups is 4. The van der Waals surface area contributed by atoms with Crippen molar-refractivity contribution in [1.29, 1.82) is 10.5 Å². The largest absolute Gasteiger partial charge is 0.365 e. The van der Waals surface area contributed by atoms with E-state index >= 15 is 0 Å². The van der Waals surface area contributed by atoms with Gasteiger partial charge in [-0.1, -0.05) is 78.9 Å². The summed E-state index contributed by atoms with van der Waals surface area (Å²) >= 11 is 0. The van der Waals surface area contributed by atoms with Crippen molar-refractivity contribution in [3.63, 3.8) is 0 Å². The van der Waals surface area contributed by atoms with Gasteiger partial charge < -0.3 is 36.1 Å². The zero-order valence-electron chi connectivity index (χ0n) is 39.6. The molecule has 8 aromatic rings. The number of fused-ring (bicyclic) bond motifs is 2. The molecule has 0 atom stereocenters. The van der Waals surface area contributed by atoms with E-state index in [2.05, 4.69) is 28.1 Å². The number of nitrogens with two attached hydrogens (primary N) is 1. The molecule has 0 spiro atoms. The van der Waals surface area contributed by atoms with Crippen molar-refractivity contribution in [2.75, 3.05) is 42.1 Å². The average Bonchev–Trinajstić information content (AvgIpc) is 4.13. The summed E-state index contributed by atoms with van der Waals surface area (Å²) in [6, 6.07) is 44.1. The molecule has 72 heavy (non-hydrogen) atoms.